The maximum Gasteiger partial charge on any atom is 0.117 e. The summed E-state index contributed by atoms with van der Waals surface area (Å²) in [6, 6.07) is 4.15. The second-order valence-corrected chi connectivity index (χ2v) is 5.47. The van der Waals surface area contributed by atoms with Crippen LogP contribution in [0.15, 0.2) is 16.5 Å². The molecule has 0 saturated heterocycles. The highest BCUT2D eigenvalue weighted by atomic mass is 32.2. The minimum absolute atomic E-state index is 0.664. The Morgan fingerprint density at radius 3 is 2.73 bits per heavy atom. The van der Waals surface area contributed by atoms with Crippen molar-refractivity contribution in [1.82, 2.24) is 5.32 Å². The van der Waals surface area contributed by atoms with Gasteiger partial charge in [-0.25, -0.2) is 0 Å². The van der Waals surface area contributed by atoms with Gasteiger partial charge in [-0.15, -0.1) is 0 Å². The smallest absolute Gasteiger partial charge is 0.117 e. The van der Waals surface area contributed by atoms with Crippen molar-refractivity contribution in [2.45, 2.75) is 44.7 Å². The molecule has 1 rings (SSSR count). The van der Waals surface area contributed by atoms with Crippen molar-refractivity contribution in [2.75, 3.05) is 6.54 Å². The zero-order valence-electron chi connectivity index (χ0n) is 9.88. The molecule has 1 aromatic rings. The van der Waals surface area contributed by atoms with Crippen LogP contribution in [0.5, 0.6) is 0 Å². The Morgan fingerprint density at radius 2 is 2.07 bits per heavy atom. The first-order chi connectivity index (χ1) is 7.22. The highest BCUT2D eigenvalue weighted by Crippen LogP contribution is 2.18. The molecule has 0 aliphatic rings. The summed E-state index contributed by atoms with van der Waals surface area (Å²) in [5.41, 5.74) is 0. The average Bonchev–Trinajstić information content (AvgIpc) is 2.63. The Morgan fingerprint density at radius 1 is 1.33 bits per heavy atom. The van der Waals surface area contributed by atoms with Crippen molar-refractivity contribution in [3.8, 4) is 0 Å². The number of nitrogens with one attached hydrogen (secondary N) is 1. The van der Waals surface area contributed by atoms with Crippen LogP contribution < -0.4 is 5.32 Å². The summed E-state index contributed by atoms with van der Waals surface area (Å²) in [5, 5.41) is 3.99. The molecule has 0 spiro atoms. The van der Waals surface area contributed by atoms with Crippen molar-refractivity contribution >= 4 is 11.8 Å². The van der Waals surface area contributed by atoms with Gasteiger partial charge in [-0.2, -0.15) is 11.8 Å². The third-order valence-corrected chi connectivity index (χ3v) is 3.12. The molecule has 0 aromatic carbocycles. The normalized spacial score (nSPS) is 11.2. The van der Waals surface area contributed by atoms with Crippen LogP contribution in [0.4, 0.5) is 0 Å². The molecule has 15 heavy (non-hydrogen) atoms. The van der Waals surface area contributed by atoms with E-state index in [1.807, 2.05) is 11.8 Å². The van der Waals surface area contributed by atoms with Gasteiger partial charge in [-0.1, -0.05) is 20.8 Å². The van der Waals surface area contributed by atoms with E-state index >= 15 is 0 Å². The van der Waals surface area contributed by atoms with Gasteiger partial charge in [0, 0.05) is 0 Å². The largest absolute Gasteiger partial charge is 0.464 e. The molecule has 0 fully saturated rings. The van der Waals surface area contributed by atoms with E-state index in [1.165, 1.54) is 0 Å². The molecule has 1 aromatic heterocycles. The Kier molecular flexibility index (Phi) is 5.88. The molecule has 0 amide bonds. The van der Waals surface area contributed by atoms with Crippen LogP contribution in [0.25, 0.3) is 0 Å². The topological polar surface area (TPSA) is 25.2 Å². The molecular formula is C12H21NOS. The molecular weight excluding hydrogens is 206 g/mol. The summed E-state index contributed by atoms with van der Waals surface area (Å²) < 4.78 is 5.70. The predicted molar refractivity (Wildman–Crippen MR) is 67.1 cm³/mol. The minimum atomic E-state index is 0.664. The van der Waals surface area contributed by atoms with Gasteiger partial charge < -0.3 is 9.73 Å². The highest BCUT2D eigenvalue weighted by molar-refractivity contribution is 7.99. The predicted octanol–water partition coefficient (Wildman–Crippen LogP) is 3.42. The third kappa shape index (κ3) is 5.28. The lowest BCUT2D eigenvalue weighted by Gasteiger charge is -2.02. The van der Waals surface area contributed by atoms with E-state index in [9.17, 15) is 0 Å². The molecule has 0 bridgehead atoms. The molecule has 0 saturated carbocycles. The molecule has 0 aliphatic heterocycles. The van der Waals surface area contributed by atoms with Gasteiger partial charge in [-0.3, -0.25) is 0 Å². The summed E-state index contributed by atoms with van der Waals surface area (Å²) in [6.07, 6.45) is 1.16. The number of furan rings is 1. The second-order valence-electron chi connectivity index (χ2n) is 3.90. The molecule has 0 unspecified atom stereocenters. The van der Waals surface area contributed by atoms with Gasteiger partial charge in [-0.05, 0) is 30.3 Å². The Hall–Kier alpha value is -0.410. The zero-order chi connectivity index (χ0) is 11.1. The molecule has 0 radical (unpaired) electrons. The second kappa shape index (κ2) is 6.96. The van der Waals surface area contributed by atoms with E-state index < -0.39 is 0 Å². The standard InChI is InChI=1S/C12H21NOS/c1-4-7-13-8-11-5-6-12(14-11)9-15-10(2)3/h5-6,10,13H,4,7-9H2,1-3H3. The van der Waals surface area contributed by atoms with Crippen LogP contribution >= 0.6 is 11.8 Å². The lowest BCUT2D eigenvalue weighted by molar-refractivity contribution is 0.459. The van der Waals surface area contributed by atoms with Gasteiger partial charge in [0.05, 0.1) is 12.3 Å². The van der Waals surface area contributed by atoms with E-state index in [0.717, 1.165) is 36.8 Å². The van der Waals surface area contributed by atoms with Crippen LogP contribution in [0.2, 0.25) is 0 Å². The van der Waals surface area contributed by atoms with Crippen LogP contribution in [0.3, 0.4) is 0 Å². The first-order valence-corrected chi connectivity index (χ1v) is 6.67. The number of hydrogen-bond donors (Lipinski definition) is 1. The summed E-state index contributed by atoms with van der Waals surface area (Å²) >= 11 is 1.91. The third-order valence-electron chi connectivity index (χ3n) is 2.00. The van der Waals surface area contributed by atoms with Gasteiger partial charge in [0.15, 0.2) is 0 Å². The zero-order valence-corrected chi connectivity index (χ0v) is 10.7. The monoisotopic (exact) mass is 227 g/mol. The van der Waals surface area contributed by atoms with Crippen molar-refractivity contribution in [3.63, 3.8) is 0 Å². The van der Waals surface area contributed by atoms with Crippen LogP contribution in [0.1, 0.15) is 38.7 Å². The SMILES string of the molecule is CCCNCc1ccc(CSC(C)C)o1. The van der Waals surface area contributed by atoms with Gasteiger partial charge >= 0.3 is 0 Å². The highest BCUT2D eigenvalue weighted by Gasteiger charge is 2.03. The molecule has 1 heterocycles. The van der Waals surface area contributed by atoms with Crippen LogP contribution in [0, 0.1) is 0 Å². The summed E-state index contributed by atoms with van der Waals surface area (Å²) in [6.45, 7) is 8.48. The molecule has 1 N–H and O–H groups in total. The van der Waals surface area contributed by atoms with Crippen LogP contribution in [-0.2, 0) is 12.3 Å². The average molecular weight is 227 g/mol. The summed E-state index contributed by atoms with van der Waals surface area (Å²) in [5.74, 6) is 3.11. The fourth-order valence-corrected chi connectivity index (χ4v) is 1.88. The fourth-order valence-electron chi connectivity index (χ4n) is 1.23. The molecule has 0 aliphatic carbocycles. The molecule has 3 heteroatoms. The van der Waals surface area contributed by atoms with E-state index in [-0.39, 0.29) is 0 Å². The van der Waals surface area contributed by atoms with Crippen molar-refractivity contribution in [1.29, 1.82) is 0 Å². The first-order valence-electron chi connectivity index (χ1n) is 5.62. The maximum atomic E-state index is 5.70. The first kappa shape index (κ1) is 12.7. The Bertz CT molecular complexity index is 270. The number of rotatable bonds is 7. The lowest BCUT2D eigenvalue weighted by atomic mass is 10.4. The summed E-state index contributed by atoms with van der Waals surface area (Å²) in [4.78, 5) is 0. The van der Waals surface area contributed by atoms with E-state index in [2.05, 4.69) is 38.2 Å². The minimum Gasteiger partial charge on any atom is -0.464 e. The Balaban J connectivity index is 2.29. The van der Waals surface area contributed by atoms with Gasteiger partial charge in [0.1, 0.15) is 11.5 Å². The Labute approximate surface area is 96.8 Å². The number of thioether (sulfide) groups is 1. The maximum absolute atomic E-state index is 5.70. The lowest BCUT2D eigenvalue weighted by Crippen LogP contribution is -2.12. The molecule has 2 nitrogen and oxygen atoms in total. The molecule has 86 valence electrons. The van der Waals surface area contributed by atoms with Gasteiger partial charge in [0.2, 0.25) is 0 Å². The fraction of sp³-hybridized carbons (Fsp3) is 0.667. The molecule has 0 atom stereocenters. The van der Waals surface area contributed by atoms with Crippen LogP contribution in [-0.4, -0.2) is 11.8 Å². The quantitative estimate of drug-likeness (QED) is 0.723. The van der Waals surface area contributed by atoms with E-state index in [1.54, 1.807) is 0 Å². The number of hydrogen-bond acceptors (Lipinski definition) is 3. The van der Waals surface area contributed by atoms with E-state index in [0.29, 0.717) is 5.25 Å². The van der Waals surface area contributed by atoms with Crippen molar-refractivity contribution < 1.29 is 4.42 Å². The van der Waals surface area contributed by atoms with E-state index in [4.69, 9.17) is 4.42 Å². The van der Waals surface area contributed by atoms with Gasteiger partial charge in [0.25, 0.3) is 0 Å². The van der Waals surface area contributed by atoms with Crippen molar-refractivity contribution in [2.24, 2.45) is 0 Å². The summed E-state index contributed by atoms with van der Waals surface area (Å²) in [7, 11) is 0. The van der Waals surface area contributed by atoms with Crippen molar-refractivity contribution in [3.05, 3.63) is 23.7 Å².